The molecule has 1 aromatic heterocycles. The fraction of sp³-hybridized carbons (Fsp3) is 0.750. The fourth-order valence-corrected chi connectivity index (χ4v) is 2.93. The molecule has 0 aliphatic carbocycles. The van der Waals surface area contributed by atoms with Gasteiger partial charge in [0.2, 0.25) is 0 Å². The number of hydrogen-bond donors (Lipinski definition) is 1. The lowest BCUT2D eigenvalue weighted by molar-refractivity contribution is 0.326. The third kappa shape index (κ3) is 2.81. The summed E-state index contributed by atoms with van der Waals surface area (Å²) >= 11 is 1.77. The molecule has 0 bridgehead atoms. The van der Waals surface area contributed by atoms with E-state index in [0.29, 0.717) is 12.1 Å². The normalized spacial score (nSPS) is 26.4. The van der Waals surface area contributed by atoms with Crippen LogP contribution in [0.1, 0.15) is 31.0 Å². The van der Waals surface area contributed by atoms with E-state index in [4.69, 9.17) is 0 Å². The van der Waals surface area contributed by atoms with Crippen LogP contribution in [0, 0.1) is 0 Å². The van der Waals surface area contributed by atoms with Crippen molar-refractivity contribution in [3.8, 4) is 0 Å². The van der Waals surface area contributed by atoms with Gasteiger partial charge < -0.3 is 10.2 Å². The molecule has 1 saturated heterocycles. The Morgan fingerprint density at radius 3 is 3.00 bits per heavy atom. The van der Waals surface area contributed by atoms with Gasteiger partial charge in [-0.25, -0.2) is 4.98 Å². The first-order chi connectivity index (χ1) is 7.69. The van der Waals surface area contributed by atoms with E-state index in [1.807, 2.05) is 0 Å². The molecule has 2 heterocycles. The Morgan fingerprint density at radius 1 is 1.62 bits per heavy atom. The van der Waals surface area contributed by atoms with Crippen LogP contribution in [-0.4, -0.2) is 35.6 Å². The van der Waals surface area contributed by atoms with Crippen molar-refractivity contribution in [3.63, 3.8) is 0 Å². The summed E-state index contributed by atoms with van der Waals surface area (Å²) in [7, 11) is 2.20. The van der Waals surface area contributed by atoms with Gasteiger partial charge in [0.05, 0.1) is 10.7 Å². The van der Waals surface area contributed by atoms with E-state index in [1.54, 1.807) is 11.3 Å². The number of nitrogens with zero attached hydrogens (tertiary/aromatic N) is 2. The maximum absolute atomic E-state index is 4.57. The summed E-state index contributed by atoms with van der Waals surface area (Å²) in [6.45, 7) is 6.52. The Kier molecular flexibility index (Phi) is 3.95. The Balaban J connectivity index is 1.79. The second-order valence-electron chi connectivity index (χ2n) is 4.69. The maximum Gasteiger partial charge on any atom is 0.0926 e. The topological polar surface area (TPSA) is 28.2 Å². The Morgan fingerprint density at radius 2 is 2.44 bits per heavy atom. The Hall–Kier alpha value is -0.450. The lowest BCUT2D eigenvalue weighted by Gasteiger charge is -2.12. The zero-order valence-electron chi connectivity index (χ0n) is 10.4. The van der Waals surface area contributed by atoms with E-state index >= 15 is 0 Å². The van der Waals surface area contributed by atoms with Crippen LogP contribution < -0.4 is 5.32 Å². The molecular formula is C12H21N3S. The average Bonchev–Trinajstić information content (AvgIpc) is 2.84. The molecule has 90 valence electrons. The molecule has 1 aromatic rings. The largest absolute Gasteiger partial charge is 0.307 e. The number of likely N-dealkylation sites (tertiary alicyclic amines) is 1. The SMILES string of the molecule is CCc1nc(CNC2CC(C)N(C)C2)cs1. The molecule has 1 aliphatic heterocycles. The van der Waals surface area contributed by atoms with Gasteiger partial charge in [-0.1, -0.05) is 6.92 Å². The van der Waals surface area contributed by atoms with Crippen LogP contribution in [0.5, 0.6) is 0 Å². The molecule has 1 aliphatic rings. The van der Waals surface area contributed by atoms with Gasteiger partial charge >= 0.3 is 0 Å². The van der Waals surface area contributed by atoms with Crippen molar-refractivity contribution in [1.82, 2.24) is 15.2 Å². The van der Waals surface area contributed by atoms with Gasteiger partial charge in [0, 0.05) is 30.6 Å². The van der Waals surface area contributed by atoms with Crippen LogP contribution in [-0.2, 0) is 13.0 Å². The molecule has 0 saturated carbocycles. The molecule has 2 atom stereocenters. The number of likely N-dealkylation sites (N-methyl/N-ethyl adjacent to an activating group) is 1. The van der Waals surface area contributed by atoms with E-state index in [2.05, 4.69) is 41.5 Å². The van der Waals surface area contributed by atoms with Crippen molar-refractivity contribution < 1.29 is 0 Å². The summed E-state index contributed by atoms with van der Waals surface area (Å²) < 4.78 is 0. The average molecular weight is 239 g/mol. The number of thiazole rings is 1. The highest BCUT2D eigenvalue weighted by Gasteiger charge is 2.25. The third-order valence-electron chi connectivity index (χ3n) is 3.36. The zero-order chi connectivity index (χ0) is 11.5. The molecule has 3 nitrogen and oxygen atoms in total. The van der Waals surface area contributed by atoms with Gasteiger partial charge in [0.1, 0.15) is 0 Å². The van der Waals surface area contributed by atoms with Crippen LogP contribution in [0.2, 0.25) is 0 Å². The second kappa shape index (κ2) is 5.25. The summed E-state index contributed by atoms with van der Waals surface area (Å²) in [5.74, 6) is 0. The predicted octanol–water partition coefficient (Wildman–Crippen LogP) is 1.89. The Labute approximate surface area is 102 Å². The highest BCUT2D eigenvalue weighted by Crippen LogP contribution is 2.16. The molecule has 2 unspecified atom stereocenters. The van der Waals surface area contributed by atoms with E-state index in [-0.39, 0.29) is 0 Å². The van der Waals surface area contributed by atoms with Gasteiger partial charge in [-0.05, 0) is 26.8 Å². The summed E-state index contributed by atoms with van der Waals surface area (Å²) in [4.78, 5) is 6.98. The van der Waals surface area contributed by atoms with Crippen molar-refractivity contribution in [1.29, 1.82) is 0 Å². The second-order valence-corrected chi connectivity index (χ2v) is 5.63. The predicted molar refractivity (Wildman–Crippen MR) is 68.8 cm³/mol. The monoisotopic (exact) mass is 239 g/mol. The summed E-state index contributed by atoms with van der Waals surface area (Å²) in [5, 5.41) is 7.02. The minimum atomic E-state index is 0.631. The minimum absolute atomic E-state index is 0.631. The number of rotatable bonds is 4. The van der Waals surface area contributed by atoms with E-state index < -0.39 is 0 Å². The van der Waals surface area contributed by atoms with Crippen molar-refractivity contribution >= 4 is 11.3 Å². The number of aromatic nitrogens is 1. The van der Waals surface area contributed by atoms with Crippen molar-refractivity contribution in [2.75, 3.05) is 13.6 Å². The molecule has 2 rings (SSSR count). The van der Waals surface area contributed by atoms with Crippen LogP contribution in [0.25, 0.3) is 0 Å². The van der Waals surface area contributed by atoms with E-state index in [9.17, 15) is 0 Å². The standard InChI is InChI=1S/C12H21N3S/c1-4-12-14-11(8-16-12)6-13-10-5-9(2)15(3)7-10/h8-10,13H,4-7H2,1-3H3. The van der Waals surface area contributed by atoms with Gasteiger partial charge in [-0.15, -0.1) is 11.3 Å². The molecule has 16 heavy (non-hydrogen) atoms. The highest BCUT2D eigenvalue weighted by molar-refractivity contribution is 7.09. The smallest absolute Gasteiger partial charge is 0.0926 e. The lowest BCUT2D eigenvalue weighted by atomic mass is 10.2. The van der Waals surface area contributed by atoms with Crippen molar-refractivity contribution in [3.05, 3.63) is 16.1 Å². The summed E-state index contributed by atoms with van der Waals surface area (Å²) in [6.07, 6.45) is 2.30. The number of aryl methyl sites for hydroxylation is 1. The number of hydrogen-bond acceptors (Lipinski definition) is 4. The Bertz CT molecular complexity index is 327. The maximum atomic E-state index is 4.57. The van der Waals surface area contributed by atoms with Gasteiger partial charge in [-0.2, -0.15) is 0 Å². The van der Waals surface area contributed by atoms with Crippen LogP contribution in [0.4, 0.5) is 0 Å². The molecule has 1 fully saturated rings. The molecule has 0 aromatic carbocycles. The summed E-state index contributed by atoms with van der Waals surface area (Å²) in [6, 6.07) is 1.34. The van der Waals surface area contributed by atoms with Crippen LogP contribution in [0.15, 0.2) is 5.38 Å². The molecule has 0 radical (unpaired) electrons. The third-order valence-corrected chi connectivity index (χ3v) is 4.40. The fourth-order valence-electron chi connectivity index (χ4n) is 2.18. The first-order valence-corrected chi connectivity index (χ1v) is 6.94. The quantitative estimate of drug-likeness (QED) is 0.869. The van der Waals surface area contributed by atoms with Gasteiger partial charge in [0.25, 0.3) is 0 Å². The molecule has 0 spiro atoms. The van der Waals surface area contributed by atoms with Gasteiger partial charge in [-0.3, -0.25) is 0 Å². The van der Waals surface area contributed by atoms with Crippen LogP contribution >= 0.6 is 11.3 Å². The minimum Gasteiger partial charge on any atom is -0.307 e. The lowest BCUT2D eigenvalue weighted by Crippen LogP contribution is -2.31. The molecule has 4 heteroatoms. The van der Waals surface area contributed by atoms with Gasteiger partial charge in [0.15, 0.2) is 0 Å². The van der Waals surface area contributed by atoms with Crippen LogP contribution in [0.3, 0.4) is 0 Å². The molecule has 0 amide bonds. The molecule has 1 N–H and O–H groups in total. The summed E-state index contributed by atoms with van der Waals surface area (Å²) in [5.41, 5.74) is 1.20. The molecular weight excluding hydrogens is 218 g/mol. The first kappa shape index (κ1) is 12.0. The zero-order valence-corrected chi connectivity index (χ0v) is 11.2. The van der Waals surface area contributed by atoms with Crippen molar-refractivity contribution in [2.24, 2.45) is 0 Å². The van der Waals surface area contributed by atoms with Crippen molar-refractivity contribution in [2.45, 2.75) is 45.3 Å². The van der Waals surface area contributed by atoms with E-state index in [1.165, 1.54) is 17.1 Å². The number of nitrogens with one attached hydrogen (secondary N) is 1. The van der Waals surface area contributed by atoms with E-state index in [0.717, 1.165) is 19.5 Å². The first-order valence-electron chi connectivity index (χ1n) is 6.06. The highest BCUT2D eigenvalue weighted by atomic mass is 32.1.